The molecule has 1 saturated heterocycles. The van der Waals surface area contributed by atoms with Crippen molar-refractivity contribution in [3.8, 4) is 0 Å². The van der Waals surface area contributed by atoms with Gasteiger partial charge in [0.05, 0.1) is 5.69 Å². The first-order valence-electron chi connectivity index (χ1n) is 10.3. The molecule has 0 aliphatic carbocycles. The zero-order valence-corrected chi connectivity index (χ0v) is 16.6. The van der Waals surface area contributed by atoms with Crippen molar-refractivity contribution in [3.05, 3.63) is 65.2 Å². The predicted molar refractivity (Wildman–Crippen MR) is 110 cm³/mol. The van der Waals surface area contributed by atoms with Gasteiger partial charge in [-0.05, 0) is 36.5 Å². The molecule has 1 unspecified atom stereocenters. The lowest BCUT2D eigenvalue weighted by Gasteiger charge is -2.18. The standard InChI is InChI=1S/C22H21F2N5O2/c23-14-10-13-6-7-17(21(30)26-18(13)16(24)11-14)25-22(31)19-27-20-15(8-9-29(20)28-19)12-4-2-1-3-5-12/h1-5,10-11,15,17,20H,6-9H2,(H,25,31)(H,26,30)(H,27,28)/t15-,17-,20?/m0/s1. The second-order valence-corrected chi connectivity index (χ2v) is 7.98. The van der Waals surface area contributed by atoms with E-state index in [9.17, 15) is 18.4 Å². The van der Waals surface area contributed by atoms with Crippen LogP contribution in [0.15, 0.2) is 47.5 Å². The van der Waals surface area contributed by atoms with Crippen molar-refractivity contribution >= 4 is 23.3 Å². The number of nitrogens with zero attached hydrogens (tertiary/aromatic N) is 2. The van der Waals surface area contributed by atoms with Gasteiger partial charge in [0, 0.05) is 18.5 Å². The molecule has 3 heterocycles. The van der Waals surface area contributed by atoms with E-state index < -0.39 is 29.5 Å². The molecular formula is C22H21F2N5O2. The second kappa shape index (κ2) is 7.73. The molecule has 7 nitrogen and oxygen atoms in total. The average Bonchev–Trinajstić information content (AvgIpc) is 3.30. The van der Waals surface area contributed by atoms with Crippen LogP contribution in [0, 0.1) is 11.6 Å². The highest BCUT2D eigenvalue weighted by Gasteiger charge is 2.41. The number of rotatable bonds is 3. The summed E-state index contributed by atoms with van der Waals surface area (Å²) in [4.78, 5) is 29.9. The first-order valence-corrected chi connectivity index (χ1v) is 10.3. The summed E-state index contributed by atoms with van der Waals surface area (Å²) in [6, 6.07) is 11.1. The normalized spacial score (nSPS) is 25.0. The predicted octanol–water partition coefficient (Wildman–Crippen LogP) is 2.07. The van der Waals surface area contributed by atoms with Crippen molar-refractivity contribution in [3.63, 3.8) is 0 Å². The third-order valence-electron chi connectivity index (χ3n) is 6.02. The minimum atomic E-state index is -0.882. The number of halogens is 2. The molecule has 3 aliphatic rings. The van der Waals surface area contributed by atoms with Gasteiger partial charge in [0.1, 0.15) is 23.8 Å². The quantitative estimate of drug-likeness (QED) is 0.703. The van der Waals surface area contributed by atoms with Crippen molar-refractivity contribution in [2.75, 3.05) is 11.9 Å². The molecule has 31 heavy (non-hydrogen) atoms. The highest BCUT2D eigenvalue weighted by atomic mass is 19.1. The molecule has 2 aromatic carbocycles. The molecule has 9 heteroatoms. The molecule has 0 spiro atoms. The van der Waals surface area contributed by atoms with Crippen molar-refractivity contribution in [2.45, 2.75) is 37.4 Å². The summed E-state index contributed by atoms with van der Waals surface area (Å²) in [5.74, 6) is -2.25. The van der Waals surface area contributed by atoms with Crippen LogP contribution in [0.1, 0.15) is 29.9 Å². The maximum Gasteiger partial charge on any atom is 0.288 e. The Morgan fingerprint density at radius 3 is 2.77 bits per heavy atom. The summed E-state index contributed by atoms with van der Waals surface area (Å²) in [7, 11) is 0. The first-order chi connectivity index (χ1) is 15.0. The van der Waals surface area contributed by atoms with E-state index in [4.69, 9.17) is 0 Å². The molecular weight excluding hydrogens is 404 g/mol. The number of amides is 2. The number of hydrazine groups is 1. The van der Waals surface area contributed by atoms with Gasteiger partial charge in [-0.2, -0.15) is 5.01 Å². The van der Waals surface area contributed by atoms with Gasteiger partial charge >= 0.3 is 0 Å². The van der Waals surface area contributed by atoms with Crippen LogP contribution in [0.2, 0.25) is 0 Å². The lowest BCUT2D eigenvalue weighted by atomic mass is 9.96. The first kappa shape index (κ1) is 19.6. The summed E-state index contributed by atoms with van der Waals surface area (Å²) in [6.07, 6.45) is 1.21. The number of carbonyl (C=O) groups excluding carboxylic acids is 2. The van der Waals surface area contributed by atoms with Gasteiger partial charge in [0.2, 0.25) is 11.7 Å². The van der Waals surface area contributed by atoms with Crippen LogP contribution >= 0.6 is 0 Å². The van der Waals surface area contributed by atoms with Crippen LogP contribution in [0.3, 0.4) is 0 Å². The highest BCUT2D eigenvalue weighted by Crippen LogP contribution is 2.35. The molecule has 0 saturated carbocycles. The fourth-order valence-electron chi connectivity index (χ4n) is 4.47. The Morgan fingerprint density at radius 1 is 1.16 bits per heavy atom. The molecule has 3 aliphatic heterocycles. The Morgan fingerprint density at radius 2 is 1.97 bits per heavy atom. The molecule has 5 rings (SSSR count). The number of fused-ring (bicyclic) bond motifs is 2. The molecule has 3 N–H and O–H groups in total. The van der Waals surface area contributed by atoms with Crippen LogP contribution < -0.4 is 16.1 Å². The zero-order valence-electron chi connectivity index (χ0n) is 16.6. The number of benzene rings is 2. The van der Waals surface area contributed by atoms with E-state index in [1.807, 2.05) is 23.2 Å². The van der Waals surface area contributed by atoms with E-state index >= 15 is 0 Å². The Hall–Kier alpha value is -3.33. The number of anilines is 1. The van der Waals surface area contributed by atoms with Crippen LogP contribution in [-0.4, -0.2) is 41.4 Å². The number of hydrogen-bond acceptors (Lipinski definition) is 5. The van der Waals surface area contributed by atoms with Gasteiger partial charge in [-0.25, -0.2) is 13.8 Å². The summed E-state index contributed by atoms with van der Waals surface area (Å²) >= 11 is 0. The number of aryl methyl sites for hydroxylation is 1. The smallest absolute Gasteiger partial charge is 0.288 e. The average molecular weight is 425 g/mol. The van der Waals surface area contributed by atoms with Crippen molar-refractivity contribution in [1.29, 1.82) is 0 Å². The summed E-state index contributed by atoms with van der Waals surface area (Å²) < 4.78 is 27.6. The SMILES string of the molecule is O=C(N[C@H]1CCc2cc(F)cc(F)c2NC1=O)C1=NC2[C@H](c3ccccc3)CCN2N1. The Kier molecular flexibility index (Phi) is 4.90. The molecule has 3 atom stereocenters. The molecule has 1 fully saturated rings. The summed E-state index contributed by atoms with van der Waals surface area (Å²) in [5, 5.41) is 7.07. The molecule has 0 aromatic heterocycles. The topological polar surface area (TPSA) is 85.8 Å². The Labute approximate surface area is 177 Å². The monoisotopic (exact) mass is 425 g/mol. The number of hydrogen-bond donors (Lipinski definition) is 3. The molecule has 160 valence electrons. The van der Waals surface area contributed by atoms with E-state index in [1.165, 1.54) is 6.07 Å². The maximum atomic E-state index is 14.1. The molecule has 2 amide bonds. The third kappa shape index (κ3) is 3.65. The van der Waals surface area contributed by atoms with E-state index in [1.54, 1.807) is 0 Å². The van der Waals surface area contributed by atoms with E-state index in [2.05, 4.69) is 33.2 Å². The van der Waals surface area contributed by atoms with Gasteiger partial charge in [0.25, 0.3) is 5.91 Å². The van der Waals surface area contributed by atoms with E-state index in [0.29, 0.717) is 5.56 Å². The largest absolute Gasteiger partial charge is 0.338 e. The van der Waals surface area contributed by atoms with Gasteiger partial charge in [0.15, 0.2) is 0 Å². The summed E-state index contributed by atoms with van der Waals surface area (Å²) in [6.45, 7) is 0.745. The van der Waals surface area contributed by atoms with Gasteiger partial charge in [-0.1, -0.05) is 30.3 Å². The Balaban J connectivity index is 1.29. The minimum Gasteiger partial charge on any atom is -0.338 e. The number of aliphatic imine (C=N–C) groups is 1. The van der Waals surface area contributed by atoms with Crippen molar-refractivity contribution in [1.82, 2.24) is 15.8 Å². The Bertz CT molecular complexity index is 1080. The third-order valence-corrected chi connectivity index (χ3v) is 6.02. The van der Waals surface area contributed by atoms with Crippen LogP contribution in [-0.2, 0) is 16.0 Å². The minimum absolute atomic E-state index is 0.0363. The van der Waals surface area contributed by atoms with Crippen LogP contribution in [0.4, 0.5) is 14.5 Å². The maximum absolute atomic E-state index is 14.1. The number of nitrogens with one attached hydrogen (secondary N) is 3. The number of carbonyl (C=O) groups is 2. The van der Waals surface area contributed by atoms with E-state index in [-0.39, 0.29) is 36.4 Å². The molecule has 0 radical (unpaired) electrons. The molecule has 2 aromatic rings. The number of amidine groups is 1. The van der Waals surface area contributed by atoms with Crippen molar-refractivity contribution < 1.29 is 18.4 Å². The highest BCUT2D eigenvalue weighted by molar-refractivity contribution is 6.38. The molecule has 0 bridgehead atoms. The van der Waals surface area contributed by atoms with Gasteiger partial charge in [-0.3, -0.25) is 15.0 Å². The summed E-state index contributed by atoms with van der Waals surface area (Å²) in [5.41, 5.74) is 4.53. The second-order valence-electron chi connectivity index (χ2n) is 7.98. The fraction of sp³-hybridized carbons (Fsp3) is 0.318. The van der Waals surface area contributed by atoms with Gasteiger partial charge < -0.3 is 10.6 Å². The lowest BCUT2D eigenvalue weighted by Crippen LogP contribution is -2.50. The fourth-order valence-corrected chi connectivity index (χ4v) is 4.47. The lowest BCUT2D eigenvalue weighted by molar-refractivity contribution is -0.123. The zero-order chi connectivity index (χ0) is 21.5. The van der Waals surface area contributed by atoms with Crippen molar-refractivity contribution in [2.24, 2.45) is 4.99 Å². The van der Waals surface area contributed by atoms with E-state index in [0.717, 1.165) is 24.6 Å². The van der Waals surface area contributed by atoms with Gasteiger partial charge in [-0.15, -0.1) is 0 Å². The van der Waals surface area contributed by atoms with Crippen LogP contribution in [0.25, 0.3) is 0 Å². The van der Waals surface area contributed by atoms with Crippen LogP contribution in [0.5, 0.6) is 0 Å².